The maximum atomic E-state index is 4.50. The van der Waals surface area contributed by atoms with Crippen LogP contribution in [0.3, 0.4) is 0 Å². The maximum Gasteiger partial charge on any atom is 0.224 e. The maximum absolute atomic E-state index is 4.50. The van der Waals surface area contributed by atoms with E-state index in [1.54, 1.807) is 0 Å². The zero-order valence-corrected chi connectivity index (χ0v) is 10.7. The summed E-state index contributed by atoms with van der Waals surface area (Å²) in [5.41, 5.74) is 1.09. The predicted octanol–water partition coefficient (Wildman–Crippen LogP) is 1.47. The molecular weight excluding hydrogens is 200 g/mol. The van der Waals surface area contributed by atoms with Gasteiger partial charge >= 0.3 is 0 Å². The molecule has 0 bridgehead atoms. The van der Waals surface area contributed by atoms with E-state index in [1.165, 1.54) is 0 Å². The van der Waals surface area contributed by atoms with Crippen molar-refractivity contribution in [1.29, 1.82) is 0 Å². The van der Waals surface area contributed by atoms with Crippen LogP contribution in [0.5, 0.6) is 0 Å². The van der Waals surface area contributed by atoms with Gasteiger partial charge in [-0.1, -0.05) is 6.92 Å². The second-order valence-electron chi connectivity index (χ2n) is 4.30. The van der Waals surface area contributed by atoms with Crippen LogP contribution < -0.4 is 10.2 Å². The van der Waals surface area contributed by atoms with Crippen molar-refractivity contribution in [2.45, 2.75) is 32.7 Å². The van der Waals surface area contributed by atoms with Gasteiger partial charge < -0.3 is 10.2 Å². The topological polar surface area (TPSA) is 41.1 Å². The Kier molecular flexibility index (Phi) is 5.19. The Bertz CT molecular complexity index is 312. The average Bonchev–Trinajstić information content (AvgIpc) is 2.26. The molecule has 1 aromatic heterocycles. The number of nitrogens with one attached hydrogen (secondary N) is 1. The second-order valence-corrected chi connectivity index (χ2v) is 4.30. The van der Waals surface area contributed by atoms with Gasteiger partial charge in [0.15, 0.2) is 0 Å². The van der Waals surface area contributed by atoms with Crippen molar-refractivity contribution in [3.8, 4) is 0 Å². The van der Waals surface area contributed by atoms with E-state index < -0.39 is 0 Å². The molecule has 1 aromatic rings. The smallest absolute Gasteiger partial charge is 0.224 e. The first-order chi connectivity index (χ1) is 7.63. The van der Waals surface area contributed by atoms with Crippen LogP contribution >= 0.6 is 0 Å². The van der Waals surface area contributed by atoms with Crippen molar-refractivity contribution < 1.29 is 0 Å². The van der Waals surface area contributed by atoms with Gasteiger partial charge in [-0.15, -0.1) is 0 Å². The molecular formula is C12H22N4. The highest BCUT2D eigenvalue weighted by molar-refractivity contribution is 5.27. The molecule has 0 spiro atoms. The first-order valence-electron chi connectivity index (χ1n) is 5.86. The number of hydrogen-bond acceptors (Lipinski definition) is 4. The highest BCUT2D eigenvalue weighted by atomic mass is 15.2. The number of hydrogen-bond donors (Lipinski definition) is 1. The lowest BCUT2D eigenvalue weighted by Crippen LogP contribution is -2.29. The van der Waals surface area contributed by atoms with Gasteiger partial charge in [-0.05, 0) is 26.0 Å². The molecule has 4 nitrogen and oxygen atoms in total. The molecule has 0 saturated heterocycles. The van der Waals surface area contributed by atoms with Gasteiger partial charge in [0, 0.05) is 38.4 Å². The Labute approximate surface area is 98.1 Å². The van der Waals surface area contributed by atoms with Gasteiger partial charge in [-0.3, -0.25) is 0 Å². The third-order valence-corrected chi connectivity index (χ3v) is 2.36. The van der Waals surface area contributed by atoms with E-state index in [0.29, 0.717) is 6.04 Å². The first-order valence-corrected chi connectivity index (χ1v) is 5.86. The molecule has 0 aliphatic heterocycles. The van der Waals surface area contributed by atoms with Crippen LogP contribution in [0.25, 0.3) is 0 Å². The quantitative estimate of drug-likeness (QED) is 0.791. The number of nitrogens with zero attached hydrogens (tertiary/aromatic N) is 3. The molecule has 1 unspecified atom stereocenters. The summed E-state index contributed by atoms with van der Waals surface area (Å²) in [6.45, 7) is 5.43. The standard InChI is InChI=1S/C12H22N4/c1-5-7-13-10(2)9-11-6-8-14-12(15-11)16(3)4/h6,8,10,13H,5,7,9H2,1-4H3. The summed E-state index contributed by atoms with van der Waals surface area (Å²) in [6, 6.07) is 2.45. The highest BCUT2D eigenvalue weighted by Crippen LogP contribution is 2.05. The van der Waals surface area contributed by atoms with Gasteiger partial charge in [0.2, 0.25) is 5.95 Å². The van der Waals surface area contributed by atoms with Crippen molar-refractivity contribution in [2.24, 2.45) is 0 Å². The van der Waals surface area contributed by atoms with Gasteiger partial charge in [-0.25, -0.2) is 9.97 Å². The highest BCUT2D eigenvalue weighted by Gasteiger charge is 2.05. The van der Waals surface area contributed by atoms with Crippen molar-refractivity contribution in [3.63, 3.8) is 0 Å². The molecule has 0 amide bonds. The number of anilines is 1. The Hall–Kier alpha value is -1.16. The molecule has 0 aliphatic carbocycles. The van der Waals surface area contributed by atoms with Crippen molar-refractivity contribution in [2.75, 3.05) is 25.5 Å². The van der Waals surface area contributed by atoms with Gasteiger partial charge in [0.1, 0.15) is 0 Å². The fourth-order valence-corrected chi connectivity index (χ4v) is 1.49. The zero-order chi connectivity index (χ0) is 12.0. The molecule has 0 saturated carbocycles. The van der Waals surface area contributed by atoms with E-state index >= 15 is 0 Å². The third-order valence-electron chi connectivity index (χ3n) is 2.36. The van der Waals surface area contributed by atoms with Gasteiger partial charge in [0.05, 0.1) is 0 Å². The van der Waals surface area contributed by atoms with Crippen LogP contribution in [0.2, 0.25) is 0 Å². The van der Waals surface area contributed by atoms with Crippen LogP contribution in [-0.4, -0.2) is 36.6 Å². The van der Waals surface area contributed by atoms with Crippen molar-refractivity contribution >= 4 is 5.95 Å². The Morgan fingerprint density at radius 3 is 2.81 bits per heavy atom. The lowest BCUT2D eigenvalue weighted by Gasteiger charge is -2.14. The molecule has 1 atom stereocenters. The summed E-state index contributed by atoms with van der Waals surface area (Å²) in [5.74, 6) is 0.778. The third kappa shape index (κ3) is 4.14. The molecule has 1 rings (SSSR count). The summed E-state index contributed by atoms with van der Waals surface area (Å²) in [7, 11) is 3.91. The number of rotatable bonds is 6. The van der Waals surface area contributed by atoms with E-state index in [2.05, 4.69) is 29.1 Å². The zero-order valence-electron chi connectivity index (χ0n) is 10.7. The SMILES string of the molecule is CCCNC(C)Cc1ccnc(N(C)C)n1. The summed E-state index contributed by atoms with van der Waals surface area (Å²) >= 11 is 0. The summed E-state index contributed by atoms with van der Waals surface area (Å²) in [6.07, 6.45) is 3.94. The van der Waals surface area contributed by atoms with Crippen LogP contribution in [0.1, 0.15) is 26.0 Å². The number of aromatic nitrogens is 2. The normalized spacial score (nSPS) is 12.5. The van der Waals surface area contributed by atoms with E-state index in [1.807, 2.05) is 31.3 Å². The molecule has 0 aromatic carbocycles. The average molecular weight is 222 g/mol. The molecule has 1 heterocycles. The van der Waals surface area contributed by atoms with Crippen LogP contribution in [0.4, 0.5) is 5.95 Å². The van der Waals surface area contributed by atoms with Crippen molar-refractivity contribution in [3.05, 3.63) is 18.0 Å². The molecule has 90 valence electrons. The monoisotopic (exact) mass is 222 g/mol. The fourth-order valence-electron chi connectivity index (χ4n) is 1.49. The predicted molar refractivity (Wildman–Crippen MR) is 67.8 cm³/mol. The molecule has 0 fully saturated rings. The van der Waals surface area contributed by atoms with Crippen LogP contribution in [0.15, 0.2) is 12.3 Å². The van der Waals surface area contributed by atoms with E-state index in [9.17, 15) is 0 Å². The Morgan fingerprint density at radius 2 is 2.19 bits per heavy atom. The minimum atomic E-state index is 0.463. The lowest BCUT2D eigenvalue weighted by molar-refractivity contribution is 0.538. The summed E-state index contributed by atoms with van der Waals surface area (Å²) in [5, 5.41) is 3.46. The summed E-state index contributed by atoms with van der Waals surface area (Å²) < 4.78 is 0. The van der Waals surface area contributed by atoms with Gasteiger partial charge in [-0.2, -0.15) is 0 Å². The van der Waals surface area contributed by atoms with Gasteiger partial charge in [0.25, 0.3) is 0 Å². The van der Waals surface area contributed by atoms with Crippen LogP contribution in [-0.2, 0) is 6.42 Å². The Morgan fingerprint density at radius 1 is 1.44 bits per heavy atom. The molecule has 16 heavy (non-hydrogen) atoms. The molecule has 0 radical (unpaired) electrons. The molecule has 0 aliphatic rings. The van der Waals surface area contributed by atoms with Crippen LogP contribution in [0, 0.1) is 0 Å². The second kappa shape index (κ2) is 6.43. The minimum absolute atomic E-state index is 0.463. The van der Waals surface area contributed by atoms with E-state index in [-0.39, 0.29) is 0 Å². The molecule has 4 heteroatoms. The lowest BCUT2D eigenvalue weighted by atomic mass is 10.2. The Balaban J connectivity index is 2.56. The fraction of sp³-hybridized carbons (Fsp3) is 0.667. The summed E-state index contributed by atoms with van der Waals surface area (Å²) in [4.78, 5) is 10.6. The minimum Gasteiger partial charge on any atom is -0.347 e. The molecule has 1 N–H and O–H groups in total. The van der Waals surface area contributed by atoms with E-state index in [4.69, 9.17) is 0 Å². The van der Waals surface area contributed by atoms with E-state index in [0.717, 1.165) is 31.0 Å². The van der Waals surface area contributed by atoms with Crippen molar-refractivity contribution in [1.82, 2.24) is 15.3 Å². The largest absolute Gasteiger partial charge is 0.347 e. The first kappa shape index (κ1) is 12.9.